The van der Waals surface area contributed by atoms with Crippen LogP contribution >= 0.6 is 0 Å². The highest BCUT2D eigenvalue weighted by Gasteiger charge is 2.25. The molecule has 4 nitrogen and oxygen atoms in total. The number of amides is 2. The van der Waals surface area contributed by atoms with Crippen LogP contribution in [0.15, 0.2) is 48.5 Å². The van der Waals surface area contributed by atoms with E-state index in [-0.39, 0.29) is 11.8 Å². The highest BCUT2D eigenvalue weighted by atomic mass is 16.2. The Morgan fingerprint density at radius 2 is 1.77 bits per heavy atom. The Bertz CT molecular complexity index is 756. The maximum absolute atomic E-state index is 13.0. The van der Waals surface area contributed by atoms with Crippen molar-refractivity contribution in [2.24, 2.45) is 0 Å². The topological polar surface area (TPSA) is 49.4 Å². The van der Waals surface area contributed by atoms with Crippen molar-refractivity contribution in [1.29, 1.82) is 0 Å². The Morgan fingerprint density at radius 3 is 2.42 bits per heavy atom. The van der Waals surface area contributed by atoms with Crippen LogP contribution in [0.2, 0.25) is 0 Å². The summed E-state index contributed by atoms with van der Waals surface area (Å²) in [5.74, 6) is -0.168. The first-order valence-corrected chi connectivity index (χ1v) is 9.03. The van der Waals surface area contributed by atoms with E-state index in [9.17, 15) is 9.59 Å². The van der Waals surface area contributed by atoms with Gasteiger partial charge in [-0.15, -0.1) is 0 Å². The molecule has 0 aliphatic rings. The van der Waals surface area contributed by atoms with Crippen LogP contribution in [0.1, 0.15) is 29.2 Å². The molecule has 0 heterocycles. The molecular weight excluding hydrogens is 324 g/mol. The third-order valence-corrected chi connectivity index (χ3v) is 4.74. The van der Waals surface area contributed by atoms with E-state index in [1.807, 2.05) is 62.4 Å². The number of benzene rings is 2. The Hall–Kier alpha value is -2.62. The van der Waals surface area contributed by atoms with E-state index in [0.29, 0.717) is 13.0 Å². The summed E-state index contributed by atoms with van der Waals surface area (Å²) in [5.41, 5.74) is 4.40. The normalized spacial score (nSPS) is 11.7. The molecule has 0 fully saturated rings. The van der Waals surface area contributed by atoms with Crippen molar-refractivity contribution in [3.05, 3.63) is 70.8 Å². The van der Waals surface area contributed by atoms with Gasteiger partial charge in [0.2, 0.25) is 11.8 Å². The predicted molar refractivity (Wildman–Crippen MR) is 105 cm³/mol. The zero-order valence-electron chi connectivity index (χ0n) is 16.1. The fourth-order valence-corrected chi connectivity index (χ4v) is 3.03. The summed E-state index contributed by atoms with van der Waals surface area (Å²) >= 11 is 0. The fourth-order valence-electron chi connectivity index (χ4n) is 3.03. The lowest BCUT2D eigenvalue weighted by molar-refractivity contribution is -0.139. The van der Waals surface area contributed by atoms with E-state index < -0.39 is 6.04 Å². The molecule has 2 amide bonds. The van der Waals surface area contributed by atoms with E-state index in [4.69, 9.17) is 0 Å². The molecule has 0 aliphatic carbocycles. The zero-order valence-corrected chi connectivity index (χ0v) is 16.1. The van der Waals surface area contributed by atoms with Crippen LogP contribution in [0.3, 0.4) is 0 Å². The summed E-state index contributed by atoms with van der Waals surface area (Å²) in [4.78, 5) is 26.8. The van der Waals surface area contributed by atoms with E-state index >= 15 is 0 Å². The van der Waals surface area contributed by atoms with Gasteiger partial charge in [0.25, 0.3) is 0 Å². The van der Waals surface area contributed by atoms with Crippen molar-refractivity contribution < 1.29 is 9.59 Å². The maximum Gasteiger partial charge on any atom is 0.242 e. The summed E-state index contributed by atoms with van der Waals surface area (Å²) in [7, 11) is 1.60. The molecule has 1 N–H and O–H groups in total. The molecule has 2 aromatic carbocycles. The fraction of sp³-hybridized carbons (Fsp3) is 0.364. The van der Waals surface area contributed by atoms with E-state index in [1.54, 1.807) is 18.9 Å². The number of nitrogens with zero attached hydrogens (tertiary/aromatic N) is 1. The summed E-state index contributed by atoms with van der Waals surface area (Å²) in [5, 5.41) is 2.65. The SMILES string of the molecule is CNC(=O)C(C)N(CCc1ccccc1)C(=O)Cc1cc(C)ccc1C. The first-order valence-electron chi connectivity index (χ1n) is 9.03. The van der Waals surface area contributed by atoms with Gasteiger partial charge in [0.05, 0.1) is 6.42 Å². The first kappa shape index (κ1) is 19.7. The van der Waals surface area contributed by atoms with Gasteiger partial charge in [0.1, 0.15) is 6.04 Å². The van der Waals surface area contributed by atoms with Crippen molar-refractivity contribution >= 4 is 11.8 Å². The van der Waals surface area contributed by atoms with Crippen molar-refractivity contribution in [3.63, 3.8) is 0 Å². The van der Waals surface area contributed by atoms with Gasteiger partial charge in [0.15, 0.2) is 0 Å². The van der Waals surface area contributed by atoms with Gasteiger partial charge in [0, 0.05) is 13.6 Å². The van der Waals surface area contributed by atoms with Gasteiger partial charge in [-0.1, -0.05) is 54.1 Å². The number of likely N-dealkylation sites (N-methyl/N-ethyl adjacent to an activating group) is 1. The number of aryl methyl sites for hydroxylation is 2. The summed E-state index contributed by atoms with van der Waals surface area (Å²) in [6, 6.07) is 15.7. The number of carbonyl (C=O) groups is 2. The van der Waals surface area contributed by atoms with E-state index in [0.717, 1.165) is 28.7 Å². The van der Waals surface area contributed by atoms with Gasteiger partial charge in [-0.3, -0.25) is 9.59 Å². The molecular formula is C22H28N2O2. The van der Waals surface area contributed by atoms with Gasteiger partial charge < -0.3 is 10.2 Å². The van der Waals surface area contributed by atoms with Crippen LogP contribution in [0.25, 0.3) is 0 Å². The summed E-state index contributed by atoms with van der Waals surface area (Å²) < 4.78 is 0. The first-order chi connectivity index (χ1) is 12.4. The second-order valence-corrected chi connectivity index (χ2v) is 6.72. The Balaban J connectivity index is 2.17. The molecule has 1 unspecified atom stereocenters. The highest BCUT2D eigenvalue weighted by molar-refractivity contribution is 5.88. The largest absolute Gasteiger partial charge is 0.357 e. The average Bonchev–Trinajstić information content (AvgIpc) is 2.64. The summed E-state index contributed by atoms with van der Waals surface area (Å²) in [6.45, 7) is 6.33. The Labute approximate surface area is 156 Å². The smallest absolute Gasteiger partial charge is 0.242 e. The number of hydrogen-bond donors (Lipinski definition) is 1. The molecule has 0 aromatic heterocycles. The van der Waals surface area contributed by atoms with Gasteiger partial charge in [-0.2, -0.15) is 0 Å². The molecule has 2 aromatic rings. The van der Waals surface area contributed by atoms with Crippen molar-refractivity contribution in [2.45, 2.75) is 39.7 Å². The minimum absolute atomic E-state index is 0.0225. The molecule has 4 heteroatoms. The summed E-state index contributed by atoms with van der Waals surface area (Å²) in [6.07, 6.45) is 1.03. The van der Waals surface area contributed by atoms with E-state index in [2.05, 4.69) is 5.32 Å². The number of carbonyl (C=O) groups excluding carboxylic acids is 2. The molecule has 0 aliphatic heterocycles. The third kappa shape index (κ3) is 5.19. The minimum atomic E-state index is -0.499. The lowest BCUT2D eigenvalue weighted by atomic mass is 10.0. The number of nitrogens with one attached hydrogen (secondary N) is 1. The standard InChI is InChI=1S/C22H28N2O2/c1-16-10-11-17(2)20(14-16)15-21(25)24(18(3)22(26)23-4)13-12-19-8-6-5-7-9-19/h5-11,14,18H,12-13,15H2,1-4H3,(H,23,26). The zero-order chi connectivity index (χ0) is 19.1. The predicted octanol–water partition coefficient (Wildman–Crippen LogP) is 3.05. The lowest BCUT2D eigenvalue weighted by Gasteiger charge is -2.28. The minimum Gasteiger partial charge on any atom is -0.357 e. The lowest BCUT2D eigenvalue weighted by Crippen LogP contribution is -2.48. The van der Waals surface area contributed by atoms with Crippen LogP contribution in [0, 0.1) is 13.8 Å². The van der Waals surface area contributed by atoms with Crippen LogP contribution in [-0.2, 0) is 22.4 Å². The van der Waals surface area contributed by atoms with E-state index in [1.165, 1.54) is 0 Å². The molecule has 26 heavy (non-hydrogen) atoms. The second kappa shape index (κ2) is 9.18. The maximum atomic E-state index is 13.0. The molecule has 0 bridgehead atoms. The molecule has 0 radical (unpaired) electrons. The molecule has 0 saturated heterocycles. The van der Waals surface area contributed by atoms with Crippen molar-refractivity contribution in [3.8, 4) is 0 Å². The van der Waals surface area contributed by atoms with Crippen molar-refractivity contribution in [1.82, 2.24) is 10.2 Å². The van der Waals surface area contributed by atoms with Gasteiger partial charge in [-0.05, 0) is 43.9 Å². The quantitative estimate of drug-likeness (QED) is 0.833. The van der Waals surface area contributed by atoms with Crippen molar-refractivity contribution in [2.75, 3.05) is 13.6 Å². The number of rotatable bonds is 7. The number of hydrogen-bond acceptors (Lipinski definition) is 2. The van der Waals surface area contributed by atoms with Gasteiger partial charge in [-0.25, -0.2) is 0 Å². The molecule has 1 atom stereocenters. The molecule has 0 saturated carbocycles. The van der Waals surface area contributed by atoms with Crippen LogP contribution in [0.4, 0.5) is 0 Å². The Kier molecular flexibility index (Phi) is 6.96. The molecule has 138 valence electrons. The van der Waals surface area contributed by atoms with Gasteiger partial charge >= 0.3 is 0 Å². The highest BCUT2D eigenvalue weighted by Crippen LogP contribution is 2.14. The third-order valence-electron chi connectivity index (χ3n) is 4.74. The second-order valence-electron chi connectivity index (χ2n) is 6.72. The van der Waals surface area contributed by atoms with Crippen LogP contribution < -0.4 is 5.32 Å². The molecule has 0 spiro atoms. The molecule has 2 rings (SSSR count). The van der Waals surface area contributed by atoms with Crippen LogP contribution in [0.5, 0.6) is 0 Å². The average molecular weight is 352 g/mol. The monoisotopic (exact) mass is 352 g/mol. The Morgan fingerprint density at radius 1 is 1.08 bits per heavy atom. The van der Waals surface area contributed by atoms with Crippen LogP contribution in [-0.4, -0.2) is 36.3 Å².